The maximum absolute atomic E-state index is 13.6. The molecule has 0 saturated heterocycles. The first-order valence-corrected chi connectivity index (χ1v) is 11.4. The van der Waals surface area contributed by atoms with Crippen molar-refractivity contribution in [2.45, 2.75) is 26.8 Å². The molecule has 0 fully saturated rings. The smallest absolute Gasteiger partial charge is 0.338 e. The van der Waals surface area contributed by atoms with Crippen LogP contribution in [0.1, 0.15) is 36.6 Å². The number of fused-ring (bicyclic) bond motifs is 2. The lowest BCUT2D eigenvalue weighted by Gasteiger charge is -2.24. The van der Waals surface area contributed by atoms with Crippen molar-refractivity contribution < 1.29 is 19.0 Å². The molecule has 33 heavy (non-hydrogen) atoms. The number of benzene rings is 2. The minimum Gasteiger partial charge on any atom is -0.463 e. The number of esters is 1. The molecule has 3 aromatic rings. The van der Waals surface area contributed by atoms with Gasteiger partial charge in [0.1, 0.15) is 0 Å². The van der Waals surface area contributed by atoms with Gasteiger partial charge in [0, 0.05) is 0 Å². The van der Waals surface area contributed by atoms with Crippen molar-refractivity contribution >= 4 is 23.4 Å². The highest BCUT2D eigenvalue weighted by Gasteiger charge is 2.34. The molecule has 5 rings (SSSR count). The molecule has 0 N–H and O–H groups in total. The minimum atomic E-state index is -0.685. The lowest BCUT2D eigenvalue weighted by molar-refractivity contribution is -0.139. The van der Waals surface area contributed by atoms with Gasteiger partial charge in [0.25, 0.3) is 5.56 Å². The van der Waals surface area contributed by atoms with Gasteiger partial charge < -0.3 is 14.2 Å². The summed E-state index contributed by atoms with van der Waals surface area (Å²) in [4.78, 5) is 31.7. The summed E-state index contributed by atoms with van der Waals surface area (Å²) < 4.78 is 18.4. The molecule has 7 nitrogen and oxygen atoms in total. The molecular formula is C25H22N2O5S. The van der Waals surface area contributed by atoms with E-state index in [2.05, 4.69) is 4.99 Å². The molecule has 2 aliphatic heterocycles. The van der Waals surface area contributed by atoms with Crippen LogP contribution in [0.2, 0.25) is 0 Å². The number of thiazole rings is 1. The average Bonchev–Trinajstić information content (AvgIpc) is 3.38. The molecule has 168 valence electrons. The van der Waals surface area contributed by atoms with Crippen molar-refractivity contribution in [1.29, 1.82) is 0 Å². The van der Waals surface area contributed by atoms with Gasteiger partial charge in [-0.15, -0.1) is 0 Å². The van der Waals surface area contributed by atoms with Crippen molar-refractivity contribution in [3.63, 3.8) is 0 Å². The summed E-state index contributed by atoms with van der Waals surface area (Å²) in [6, 6.07) is 12.7. The Morgan fingerprint density at radius 2 is 1.94 bits per heavy atom. The van der Waals surface area contributed by atoms with Crippen LogP contribution in [0.4, 0.5) is 0 Å². The number of aryl methyl sites for hydroxylation is 1. The molecule has 1 unspecified atom stereocenters. The summed E-state index contributed by atoms with van der Waals surface area (Å²) >= 11 is 1.30. The first-order valence-electron chi connectivity index (χ1n) is 10.6. The van der Waals surface area contributed by atoms with E-state index < -0.39 is 12.0 Å². The number of carbonyl (C=O) groups excluding carboxylic acids is 1. The molecule has 0 amide bonds. The zero-order valence-electron chi connectivity index (χ0n) is 18.5. The Balaban J connectivity index is 1.72. The molecule has 0 saturated carbocycles. The molecular weight excluding hydrogens is 440 g/mol. The zero-order chi connectivity index (χ0) is 23.1. The first-order chi connectivity index (χ1) is 16.0. The van der Waals surface area contributed by atoms with Gasteiger partial charge in [-0.3, -0.25) is 9.36 Å². The van der Waals surface area contributed by atoms with Gasteiger partial charge in [0.2, 0.25) is 6.79 Å². The fourth-order valence-corrected chi connectivity index (χ4v) is 5.05. The molecule has 0 radical (unpaired) electrons. The number of hydrogen-bond acceptors (Lipinski definition) is 7. The molecule has 3 heterocycles. The second-order valence-corrected chi connectivity index (χ2v) is 8.83. The quantitative estimate of drug-likeness (QED) is 0.557. The number of ether oxygens (including phenoxy) is 3. The van der Waals surface area contributed by atoms with Gasteiger partial charge in [-0.1, -0.05) is 47.2 Å². The second kappa shape index (κ2) is 8.37. The van der Waals surface area contributed by atoms with Crippen LogP contribution in [-0.2, 0) is 9.53 Å². The van der Waals surface area contributed by atoms with Crippen LogP contribution in [0, 0.1) is 6.92 Å². The van der Waals surface area contributed by atoms with E-state index in [0.29, 0.717) is 32.1 Å². The van der Waals surface area contributed by atoms with Crippen LogP contribution < -0.4 is 24.4 Å². The number of allylic oxidation sites excluding steroid dienone is 1. The summed E-state index contributed by atoms with van der Waals surface area (Å²) in [6.07, 6.45) is 1.85. The van der Waals surface area contributed by atoms with Gasteiger partial charge in [0.05, 0.1) is 28.5 Å². The van der Waals surface area contributed by atoms with Crippen molar-refractivity contribution in [2.75, 3.05) is 13.4 Å². The summed E-state index contributed by atoms with van der Waals surface area (Å²) in [7, 11) is 0. The third kappa shape index (κ3) is 3.76. The first kappa shape index (κ1) is 21.2. The minimum absolute atomic E-state index is 0.137. The van der Waals surface area contributed by atoms with Crippen LogP contribution in [0.25, 0.3) is 6.08 Å². The fraction of sp³-hybridized carbons (Fsp3) is 0.240. The SMILES string of the molecule is CCOC(=O)C1=C(C)N=c2s/c(=C/c3ccc(C)cc3)c(=O)n2C1c1ccc2c(c1)OCO2. The van der Waals surface area contributed by atoms with Crippen molar-refractivity contribution in [2.24, 2.45) is 4.99 Å². The summed E-state index contributed by atoms with van der Waals surface area (Å²) in [5, 5.41) is 0. The average molecular weight is 463 g/mol. The molecule has 0 bridgehead atoms. The Hall–Kier alpha value is -3.65. The Bertz CT molecular complexity index is 1460. The topological polar surface area (TPSA) is 79.1 Å². The van der Waals surface area contributed by atoms with E-state index in [9.17, 15) is 9.59 Å². The molecule has 0 spiro atoms. The second-order valence-electron chi connectivity index (χ2n) is 7.83. The highest BCUT2D eigenvalue weighted by atomic mass is 32.1. The van der Waals surface area contributed by atoms with E-state index >= 15 is 0 Å². The summed E-state index contributed by atoms with van der Waals surface area (Å²) in [6.45, 7) is 5.89. The third-order valence-electron chi connectivity index (χ3n) is 5.60. The van der Waals surface area contributed by atoms with Gasteiger partial charge in [-0.05, 0) is 50.1 Å². The number of aromatic nitrogens is 1. The van der Waals surface area contributed by atoms with E-state index in [1.165, 1.54) is 11.3 Å². The van der Waals surface area contributed by atoms with Crippen LogP contribution in [0.15, 0.2) is 63.5 Å². The maximum atomic E-state index is 13.6. The van der Waals surface area contributed by atoms with E-state index in [1.54, 1.807) is 24.5 Å². The van der Waals surface area contributed by atoms with E-state index in [1.807, 2.05) is 49.4 Å². The number of nitrogens with zero attached hydrogens (tertiary/aromatic N) is 2. The third-order valence-corrected chi connectivity index (χ3v) is 6.59. The van der Waals surface area contributed by atoms with Crippen LogP contribution in [0.5, 0.6) is 11.5 Å². The zero-order valence-corrected chi connectivity index (χ0v) is 19.3. The molecule has 2 aliphatic rings. The van der Waals surface area contributed by atoms with Crippen LogP contribution in [-0.4, -0.2) is 23.9 Å². The molecule has 0 aliphatic carbocycles. The fourth-order valence-electron chi connectivity index (χ4n) is 4.00. The standard InChI is InChI=1S/C25H22N2O5S/c1-4-30-24(29)21-15(3)26-25-27(22(21)17-9-10-18-19(12-17)32-13-31-18)23(28)20(33-25)11-16-7-5-14(2)6-8-16/h5-12,22H,4,13H2,1-3H3/b20-11+. The van der Waals surface area contributed by atoms with Gasteiger partial charge >= 0.3 is 5.97 Å². The normalized spacial score (nSPS) is 17.1. The van der Waals surface area contributed by atoms with Crippen LogP contribution in [0.3, 0.4) is 0 Å². The monoisotopic (exact) mass is 462 g/mol. The van der Waals surface area contributed by atoms with Gasteiger partial charge in [-0.2, -0.15) is 0 Å². The van der Waals surface area contributed by atoms with E-state index in [4.69, 9.17) is 14.2 Å². The predicted octanol–water partition coefficient (Wildman–Crippen LogP) is 2.84. The van der Waals surface area contributed by atoms with Gasteiger partial charge in [-0.25, -0.2) is 9.79 Å². The Morgan fingerprint density at radius 3 is 2.70 bits per heavy atom. The number of hydrogen-bond donors (Lipinski definition) is 0. The van der Waals surface area contributed by atoms with E-state index in [-0.39, 0.29) is 19.0 Å². The number of rotatable bonds is 4. The highest BCUT2D eigenvalue weighted by Crippen LogP contribution is 2.38. The van der Waals surface area contributed by atoms with Gasteiger partial charge in [0.15, 0.2) is 16.3 Å². The number of carbonyl (C=O) groups is 1. The maximum Gasteiger partial charge on any atom is 0.338 e. The summed E-state index contributed by atoms with van der Waals surface area (Å²) in [5.41, 5.74) is 3.44. The highest BCUT2D eigenvalue weighted by molar-refractivity contribution is 7.07. The van der Waals surface area contributed by atoms with Crippen LogP contribution >= 0.6 is 11.3 Å². The van der Waals surface area contributed by atoms with Crippen molar-refractivity contribution in [3.8, 4) is 11.5 Å². The lowest BCUT2D eigenvalue weighted by Crippen LogP contribution is -2.39. The Morgan fingerprint density at radius 1 is 1.18 bits per heavy atom. The Kier molecular flexibility index (Phi) is 5.38. The van der Waals surface area contributed by atoms with Crippen molar-refractivity contribution in [3.05, 3.63) is 90.1 Å². The van der Waals surface area contributed by atoms with Crippen molar-refractivity contribution in [1.82, 2.24) is 4.57 Å². The Labute approximate surface area is 193 Å². The molecule has 1 aromatic heterocycles. The molecule has 1 atom stereocenters. The largest absolute Gasteiger partial charge is 0.463 e. The summed E-state index contributed by atoms with van der Waals surface area (Å²) in [5.74, 6) is 0.713. The molecule has 8 heteroatoms. The lowest BCUT2D eigenvalue weighted by atomic mass is 9.95. The van der Waals surface area contributed by atoms with E-state index in [0.717, 1.165) is 16.7 Å². The predicted molar refractivity (Wildman–Crippen MR) is 124 cm³/mol. The molecule has 2 aromatic carbocycles.